The van der Waals surface area contributed by atoms with E-state index in [1.165, 1.54) is 0 Å². The Morgan fingerprint density at radius 3 is 1.39 bits per heavy atom. The molecule has 0 spiro atoms. The average Bonchev–Trinajstić information content (AvgIpc) is 2.88. The van der Waals surface area contributed by atoms with Crippen molar-refractivity contribution in [3.8, 4) is 11.5 Å². The van der Waals surface area contributed by atoms with Crippen LogP contribution in [-0.2, 0) is 9.59 Å². The molecule has 10 heteroatoms. The van der Waals surface area contributed by atoms with Gasteiger partial charge in [-0.25, -0.2) is 9.59 Å². The number of nitrogen functional groups attached to an aromatic ring is 2. The lowest BCUT2D eigenvalue weighted by molar-refractivity contribution is -0.131. The zero-order valence-corrected chi connectivity index (χ0v) is 18.9. The molecule has 0 fully saturated rings. The topological polar surface area (TPSA) is 154 Å². The van der Waals surface area contributed by atoms with Crippen LogP contribution in [0.3, 0.4) is 0 Å². The van der Waals surface area contributed by atoms with Crippen molar-refractivity contribution in [3.63, 3.8) is 0 Å². The first-order valence-electron chi connectivity index (χ1n) is 10.7. The van der Waals surface area contributed by atoms with Gasteiger partial charge in [-0.1, -0.05) is 0 Å². The maximum atomic E-state index is 12.1. The van der Waals surface area contributed by atoms with Gasteiger partial charge in [0.15, 0.2) is 0 Å². The first kappa shape index (κ1) is 23.8. The number of hydrogen-bond donors (Lipinski definition) is 4. The van der Waals surface area contributed by atoms with E-state index >= 15 is 0 Å². The fourth-order valence-corrected chi connectivity index (χ4v) is 2.98. The van der Waals surface area contributed by atoms with Gasteiger partial charge in [0, 0.05) is 35.9 Å². The smallest absolute Gasteiger partial charge is 0.336 e. The molecule has 6 N–H and O–H groups in total. The SMILES string of the molecule is Nc1ccncc1Nc1ccc(OC(=O)/C=C\C(=O)Oc2ccc(Nc3cnccc3N)cc2)cc1. The summed E-state index contributed by atoms with van der Waals surface area (Å²) in [5.41, 5.74) is 15.7. The van der Waals surface area contributed by atoms with E-state index in [-0.39, 0.29) is 0 Å². The van der Waals surface area contributed by atoms with Crippen molar-refractivity contribution in [1.82, 2.24) is 9.97 Å². The number of esters is 2. The molecule has 0 amide bonds. The number of ether oxygens (including phenoxy) is 2. The van der Waals surface area contributed by atoms with Gasteiger partial charge < -0.3 is 31.6 Å². The molecule has 0 saturated heterocycles. The second kappa shape index (κ2) is 11.2. The summed E-state index contributed by atoms with van der Waals surface area (Å²) < 4.78 is 10.4. The number of nitrogens with one attached hydrogen (secondary N) is 2. The lowest BCUT2D eigenvalue weighted by Gasteiger charge is -2.09. The number of anilines is 6. The molecule has 2 aromatic heterocycles. The highest BCUT2D eigenvalue weighted by atomic mass is 16.5. The molecule has 2 heterocycles. The number of rotatable bonds is 8. The average molecular weight is 483 g/mol. The van der Waals surface area contributed by atoms with Crippen LogP contribution in [0.2, 0.25) is 0 Å². The maximum absolute atomic E-state index is 12.1. The Bertz CT molecular complexity index is 1280. The van der Waals surface area contributed by atoms with Crippen molar-refractivity contribution >= 4 is 46.1 Å². The third-order valence-electron chi connectivity index (χ3n) is 4.77. The van der Waals surface area contributed by atoms with Crippen molar-refractivity contribution in [1.29, 1.82) is 0 Å². The highest BCUT2D eigenvalue weighted by molar-refractivity contribution is 5.93. The predicted molar refractivity (Wildman–Crippen MR) is 137 cm³/mol. The number of aromatic nitrogens is 2. The third-order valence-corrected chi connectivity index (χ3v) is 4.77. The molecule has 0 bridgehead atoms. The second-order valence-electron chi connectivity index (χ2n) is 7.40. The molecule has 180 valence electrons. The molecule has 0 aliphatic heterocycles. The van der Waals surface area contributed by atoms with Crippen molar-refractivity contribution in [2.75, 3.05) is 22.1 Å². The highest BCUT2D eigenvalue weighted by Crippen LogP contribution is 2.24. The van der Waals surface area contributed by atoms with Gasteiger partial charge in [-0.15, -0.1) is 0 Å². The van der Waals surface area contributed by atoms with Crippen LogP contribution in [0.15, 0.2) is 97.6 Å². The van der Waals surface area contributed by atoms with E-state index in [0.717, 1.165) is 23.5 Å². The Balaban J connectivity index is 1.26. The van der Waals surface area contributed by atoms with E-state index in [9.17, 15) is 9.59 Å². The Morgan fingerprint density at radius 1 is 0.639 bits per heavy atom. The van der Waals surface area contributed by atoms with Crippen molar-refractivity contribution in [2.45, 2.75) is 0 Å². The Kier molecular flexibility index (Phi) is 7.37. The van der Waals surface area contributed by atoms with E-state index in [1.807, 2.05) is 0 Å². The quantitative estimate of drug-likeness (QED) is 0.163. The Hall–Kier alpha value is -5.38. The molecule has 0 unspecified atom stereocenters. The molecular formula is C26H22N6O4. The minimum atomic E-state index is -0.724. The number of carbonyl (C=O) groups excluding carboxylic acids is 2. The van der Waals surface area contributed by atoms with Gasteiger partial charge in [0.2, 0.25) is 0 Å². The van der Waals surface area contributed by atoms with Crippen LogP contribution in [0.5, 0.6) is 11.5 Å². The van der Waals surface area contributed by atoms with E-state index in [4.69, 9.17) is 20.9 Å². The van der Waals surface area contributed by atoms with Crippen molar-refractivity contribution in [2.24, 2.45) is 0 Å². The highest BCUT2D eigenvalue weighted by Gasteiger charge is 2.06. The Labute approximate surface area is 206 Å². The lowest BCUT2D eigenvalue weighted by Crippen LogP contribution is -2.08. The fraction of sp³-hybridized carbons (Fsp3) is 0. The number of pyridine rings is 2. The zero-order valence-electron chi connectivity index (χ0n) is 18.9. The monoisotopic (exact) mass is 482 g/mol. The molecule has 0 aliphatic carbocycles. The Morgan fingerprint density at radius 2 is 1.03 bits per heavy atom. The minimum absolute atomic E-state index is 0.306. The predicted octanol–water partition coefficient (Wildman–Crippen LogP) is 4.20. The van der Waals surface area contributed by atoms with E-state index in [1.54, 1.807) is 85.5 Å². The summed E-state index contributed by atoms with van der Waals surface area (Å²) in [6, 6.07) is 16.7. The van der Waals surface area contributed by atoms with Crippen molar-refractivity contribution < 1.29 is 19.1 Å². The van der Waals surface area contributed by atoms with E-state index in [0.29, 0.717) is 34.2 Å². The maximum Gasteiger partial charge on any atom is 0.336 e. The summed E-state index contributed by atoms with van der Waals surface area (Å²) in [4.78, 5) is 32.1. The summed E-state index contributed by atoms with van der Waals surface area (Å²) in [6.07, 6.45) is 8.40. The number of nitrogens with zero attached hydrogens (tertiary/aromatic N) is 2. The molecule has 0 saturated carbocycles. The van der Waals surface area contributed by atoms with Crippen LogP contribution in [0.4, 0.5) is 34.1 Å². The molecule has 0 aliphatic rings. The summed E-state index contributed by atoms with van der Waals surface area (Å²) in [5, 5.41) is 6.24. The van der Waals surface area contributed by atoms with Gasteiger partial charge in [0.1, 0.15) is 11.5 Å². The lowest BCUT2D eigenvalue weighted by atomic mass is 10.2. The zero-order chi connectivity index (χ0) is 25.3. The summed E-state index contributed by atoms with van der Waals surface area (Å²) in [5.74, 6) is -0.837. The minimum Gasteiger partial charge on any atom is -0.423 e. The van der Waals surface area contributed by atoms with Gasteiger partial charge >= 0.3 is 11.9 Å². The molecular weight excluding hydrogens is 460 g/mol. The van der Waals surface area contributed by atoms with Gasteiger partial charge in [-0.2, -0.15) is 0 Å². The largest absolute Gasteiger partial charge is 0.423 e. The van der Waals surface area contributed by atoms with Crippen LogP contribution in [0.1, 0.15) is 0 Å². The van der Waals surface area contributed by atoms with Crippen LogP contribution >= 0.6 is 0 Å². The third kappa shape index (κ3) is 6.58. The number of carbonyl (C=O) groups is 2. The first-order chi connectivity index (χ1) is 17.5. The second-order valence-corrected chi connectivity index (χ2v) is 7.40. The van der Waals surface area contributed by atoms with Gasteiger partial charge in [-0.05, 0) is 60.7 Å². The molecule has 36 heavy (non-hydrogen) atoms. The van der Waals surface area contributed by atoms with Crippen LogP contribution in [0, 0.1) is 0 Å². The van der Waals surface area contributed by atoms with Crippen LogP contribution in [0.25, 0.3) is 0 Å². The molecule has 2 aromatic carbocycles. The molecule has 0 radical (unpaired) electrons. The van der Waals surface area contributed by atoms with Crippen molar-refractivity contribution in [3.05, 3.63) is 97.6 Å². The van der Waals surface area contributed by atoms with Gasteiger partial charge in [0.25, 0.3) is 0 Å². The molecule has 4 aromatic rings. The summed E-state index contributed by atoms with van der Waals surface area (Å²) in [6.45, 7) is 0. The molecule has 10 nitrogen and oxygen atoms in total. The fourth-order valence-electron chi connectivity index (χ4n) is 2.98. The molecule has 0 atom stereocenters. The number of hydrogen-bond acceptors (Lipinski definition) is 10. The van der Waals surface area contributed by atoms with Gasteiger partial charge in [0.05, 0.1) is 35.1 Å². The van der Waals surface area contributed by atoms with E-state index in [2.05, 4.69) is 20.6 Å². The van der Waals surface area contributed by atoms with Crippen LogP contribution < -0.4 is 31.6 Å². The van der Waals surface area contributed by atoms with Gasteiger partial charge in [-0.3, -0.25) is 9.97 Å². The standard InChI is InChI=1S/C26H22N6O4/c27-21-11-13-29-15-23(21)31-17-1-5-19(6-2-17)35-25(33)9-10-26(34)36-20-7-3-18(4-8-20)32-24-16-30-14-12-22(24)28/h1-16,31-32H,(H2,27,29)(H2,28,30)/b10-9-. The summed E-state index contributed by atoms with van der Waals surface area (Å²) in [7, 11) is 0. The normalized spacial score (nSPS) is 10.6. The number of benzene rings is 2. The van der Waals surface area contributed by atoms with E-state index < -0.39 is 11.9 Å². The molecule has 4 rings (SSSR count). The van der Waals surface area contributed by atoms with Crippen LogP contribution in [-0.4, -0.2) is 21.9 Å². The summed E-state index contributed by atoms with van der Waals surface area (Å²) >= 11 is 0. The first-order valence-corrected chi connectivity index (χ1v) is 10.7. The number of nitrogens with two attached hydrogens (primary N) is 2.